The number of hydrogen-bond acceptors (Lipinski definition) is 2. The molecular formula is C51H80O2. The van der Waals surface area contributed by atoms with Crippen molar-refractivity contribution >= 4 is 11.6 Å². The van der Waals surface area contributed by atoms with Gasteiger partial charge >= 0.3 is 0 Å². The molecule has 1 aromatic rings. The average Bonchev–Trinajstić information content (AvgIpc) is 3.10. The fourth-order valence-electron chi connectivity index (χ4n) is 7.77. The van der Waals surface area contributed by atoms with Crippen molar-refractivity contribution in [3.8, 4) is 0 Å². The number of Topliss-reactive ketones (excluding diaryl/α,β-unsaturated/α-hetero) is 2. The summed E-state index contributed by atoms with van der Waals surface area (Å²) in [7, 11) is 0. The molecule has 1 aromatic carbocycles. The predicted molar refractivity (Wildman–Crippen MR) is 233 cm³/mol. The molecule has 2 nitrogen and oxygen atoms in total. The minimum absolute atomic E-state index is 0.00530. The molecule has 2 rings (SSSR count). The molecule has 1 aliphatic carbocycles. The Morgan fingerprint density at radius 1 is 0.509 bits per heavy atom. The highest BCUT2D eigenvalue weighted by molar-refractivity contribution is 6.26. The van der Waals surface area contributed by atoms with Crippen molar-refractivity contribution in [3.63, 3.8) is 0 Å². The van der Waals surface area contributed by atoms with Crippen LogP contribution in [0.1, 0.15) is 212 Å². The van der Waals surface area contributed by atoms with Gasteiger partial charge in [-0.1, -0.05) is 157 Å². The summed E-state index contributed by atoms with van der Waals surface area (Å²) in [6.45, 7) is 22.9. The van der Waals surface area contributed by atoms with E-state index in [9.17, 15) is 9.59 Å². The van der Waals surface area contributed by atoms with Gasteiger partial charge in [-0.2, -0.15) is 0 Å². The Kier molecular flexibility index (Phi) is 22.9. The number of carbonyl (C=O) groups is 2. The van der Waals surface area contributed by atoms with Crippen LogP contribution in [0.5, 0.6) is 0 Å². The summed E-state index contributed by atoms with van der Waals surface area (Å²) >= 11 is 0. The van der Waals surface area contributed by atoms with Crippen LogP contribution in [0.3, 0.4) is 0 Å². The fourth-order valence-corrected chi connectivity index (χ4v) is 7.77. The first-order chi connectivity index (χ1) is 25.3. The maximum absolute atomic E-state index is 13.0. The first kappa shape index (κ1) is 46.4. The lowest BCUT2D eigenvalue weighted by Gasteiger charge is -2.18. The quantitative estimate of drug-likeness (QED) is 0.0847. The largest absolute Gasteiger partial charge is 0.289 e. The van der Waals surface area contributed by atoms with Crippen LogP contribution in [0.4, 0.5) is 0 Å². The van der Waals surface area contributed by atoms with Crippen molar-refractivity contribution in [3.05, 3.63) is 93.1 Å². The Hall–Kier alpha value is -2.74. The molecule has 0 unspecified atom stereocenters. The molecular weight excluding hydrogens is 645 g/mol. The second kappa shape index (κ2) is 26.1. The molecule has 0 aliphatic heterocycles. The van der Waals surface area contributed by atoms with Crippen molar-refractivity contribution < 1.29 is 9.59 Å². The summed E-state index contributed by atoms with van der Waals surface area (Å²) in [5.74, 6) is 3.22. The molecule has 3 atom stereocenters. The van der Waals surface area contributed by atoms with E-state index in [1.165, 1.54) is 115 Å². The van der Waals surface area contributed by atoms with E-state index in [0.29, 0.717) is 28.7 Å². The van der Waals surface area contributed by atoms with Crippen molar-refractivity contribution in [2.75, 3.05) is 0 Å². The van der Waals surface area contributed by atoms with Gasteiger partial charge in [-0.3, -0.25) is 9.59 Å². The second-order valence-electron chi connectivity index (χ2n) is 17.7. The third-order valence-electron chi connectivity index (χ3n) is 11.8. The van der Waals surface area contributed by atoms with Crippen LogP contribution in [0.15, 0.2) is 82.0 Å². The zero-order valence-corrected chi connectivity index (χ0v) is 36.2. The van der Waals surface area contributed by atoms with Crippen LogP contribution < -0.4 is 0 Å². The third-order valence-corrected chi connectivity index (χ3v) is 11.8. The summed E-state index contributed by atoms with van der Waals surface area (Å²) in [6, 6.07) is 7.21. The molecule has 0 bridgehead atoms. The monoisotopic (exact) mass is 725 g/mol. The van der Waals surface area contributed by atoms with Gasteiger partial charge in [0, 0.05) is 22.3 Å². The lowest BCUT2D eigenvalue weighted by Crippen LogP contribution is -2.20. The lowest BCUT2D eigenvalue weighted by atomic mass is 9.83. The zero-order chi connectivity index (χ0) is 39.2. The standard InChI is InChI=1S/C51H80O2/c1-38(2)20-13-21-39(3)22-14-23-40(4)24-15-25-41(5)26-16-27-42(6)28-17-29-43(7)30-18-31-44(8)32-19-33-45(9)36-37-47-46(10)50(52)48-34-11-12-35-49(48)51(47)53/h11-12,22,24,26,34-36,38,42-44H,13-21,23,25,27-33,37H2,1-10H3/t42-,43-,44-/m0/s1. The molecule has 0 amide bonds. The first-order valence-electron chi connectivity index (χ1n) is 21.8. The summed E-state index contributed by atoms with van der Waals surface area (Å²) < 4.78 is 0. The normalized spacial score (nSPS) is 16.4. The number of fused-ring (bicyclic) bond motifs is 1. The fraction of sp³-hybridized carbons (Fsp3) is 0.647. The van der Waals surface area contributed by atoms with Gasteiger partial charge in [0.25, 0.3) is 0 Å². The van der Waals surface area contributed by atoms with E-state index in [-0.39, 0.29) is 11.6 Å². The minimum Gasteiger partial charge on any atom is -0.289 e. The highest BCUT2D eigenvalue weighted by Gasteiger charge is 2.28. The summed E-state index contributed by atoms with van der Waals surface area (Å²) in [5, 5.41) is 0. The average molecular weight is 725 g/mol. The summed E-state index contributed by atoms with van der Waals surface area (Å²) in [5.41, 5.74) is 8.36. The number of carbonyl (C=O) groups excluding carboxylic acids is 2. The zero-order valence-electron chi connectivity index (χ0n) is 36.2. The number of benzene rings is 1. The van der Waals surface area contributed by atoms with E-state index >= 15 is 0 Å². The molecule has 296 valence electrons. The Balaban J connectivity index is 1.52. The Morgan fingerprint density at radius 3 is 1.45 bits per heavy atom. The highest BCUT2D eigenvalue weighted by Crippen LogP contribution is 2.29. The minimum atomic E-state index is -0.00530. The van der Waals surface area contributed by atoms with Crippen LogP contribution in [-0.2, 0) is 0 Å². The molecule has 0 saturated carbocycles. The van der Waals surface area contributed by atoms with Crippen molar-refractivity contribution in [2.45, 2.75) is 191 Å². The van der Waals surface area contributed by atoms with Crippen LogP contribution >= 0.6 is 0 Å². The topological polar surface area (TPSA) is 34.1 Å². The number of hydrogen-bond donors (Lipinski definition) is 0. The Morgan fingerprint density at radius 2 is 0.925 bits per heavy atom. The smallest absolute Gasteiger partial charge is 0.190 e. The van der Waals surface area contributed by atoms with Crippen molar-refractivity contribution in [1.82, 2.24) is 0 Å². The van der Waals surface area contributed by atoms with Crippen LogP contribution in [0, 0.1) is 23.7 Å². The van der Waals surface area contributed by atoms with Crippen molar-refractivity contribution in [1.29, 1.82) is 0 Å². The molecule has 2 heteroatoms. The maximum Gasteiger partial charge on any atom is 0.190 e. The molecule has 0 saturated heterocycles. The van der Waals surface area contributed by atoms with E-state index < -0.39 is 0 Å². The van der Waals surface area contributed by atoms with Gasteiger partial charge in [-0.15, -0.1) is 0 Å². The molecule has 0 aromatic heterocycles. The van der Waals surface area contributed by atoms with Crippen LogP contribution in [-0.4, -0.2) is 11.6 Å². The van der Waals surface area contributed by atoms with Crippen LogP contribution in [0.2, 0.25) is 0 Å². The van der Waals surface area contributed by atoms with Gasteiger partial charge in [0.2, 0.25) is 0 Å². The molecule has 53 heavy (non-hydrogen) atoms. The third kappa shape index (κ3) is 19.4. The highest BCUT2D eigenvalue weighted by atomic mass is 16.1. The number of ketones is 2. The van der Waals surface area contributed by atoms with Gasteiger partial charge in [-0.25, -0.2) is 0 Å². The Bertz CT molecular complexity index is 1410. The van der Waals surface area contributed by atoms with Crippen molar-refractivity contribution in [2.24, 2.45) is 23.7 Å². The van der Waals surface area contributed by atoms with Gasteiger partial charge in [0.05, 0.1) is 0 Å². The van der Waals surface area contributed by atoms with E-state index in [1.807, 2.05) is 12.1 Å². The Labute approximate surface area is 328 Å². The number of rotatable bonds is 27. The molecule has 0 fully saturated rings. The van der Waals surface area contributed by atoms with Gasteiger partial charge in [-0.05, 0) is 129 Å². The molecule has 0 N–H and O–H groups in total. The van der Waals surface area contributed by atoms with E-state index in [1.54, 1.807) is 35.8 Å². The van der Waals surface area contributed by atoms with E-state index in [0.717, 1.165) is 30.1 Å². The molecule has 0 spiro atoms. The lowest BCUT2D eigenvalue weighted by molar-refractivity contribution is 0.0973. The van der Waals surface area contributed by atoms with Gasteiger partial charge in [0.15, 0.2) is 11.6 Å². The summed E-state index contributed by atoms with van der Waals surface area (Å²) in [4.78, 5) is 25.8. The van der Waals surface area contributed by atoms with E-state index in [4.69, 9.17) is 0 Å². The van der Waals surface area contributed by atoms with Gasteiger partial charge in [0.1, 0.15) is 0 Å². The van der Waals surface area contributed by atoms with E-state index in [2.05, 4.69) is 86.6 Å². The molecule has 0 radical (unpaired) electrons. The van der Waals surface area contributed by atoms with Gasteiger partial charge < -0.3 is 0 Å². The predicted octanol–water partition coefficient (Wildman–Crippen LogP) is 16.1. The maximum atomic E-state index is 13.0. The molecule has 1 aliphatic rings. The summed E-state index contributed by atoms with van der Waals surface area (Å²) in [6.07, 6.45) is 33.0. The SMILES string of the molecule is CC(=CCCC(C)=CCC[C@H](C)CCC[C@H](C)CCC[C@H](C)CCCC(C)=CCC1=C(C)C(=O)c2ccccc2C1=O)CCC=C(C)CCCC(C)C. The number of allylic oxidation sites excluding steroid dienone is 10. The molecule has 0 heterocycles. The first-order valence-corrected chi connectivity index (χ1v) is 21.8. The second-order valence-corrected chi connectivity index (χ2v) is 17.7. The van der Waals surface area contributed by atoms with Crippen LogP contribution in [0.25, 0.3) is 0 Å².